The molecule has 2 amide bonds. The number of nitrogens with one attached hydrogen (secondary N) is 1. The highest BCUT2D eigenvalue weighted by atomic mass is 35.5. The standard InChI is InChI=1S/C33H41ClN6O4/c1-21(2)43-19-28(41)37-30(27-18-35-20-38(27)6)26-16-22-8-7-11-36-29(22)31(24-10-9-23(34)17-25(24)26)39-12-14-40(15-13-39)32(42)44-33(3,4)5/h7-11,16-18,20-21,30-31H,12-15,19H2,1-6H3,(H,37,41)/t30-,31+/m1/s1. The van der Waals surface area contributed by atoms with E-state index in [1.165, 1.54) is 0 Å². The van der Waals surface area contributed by atoms with E-state index in [4.69, 9.17) is 26.1 Å². The molecule has 234 valence electrons. The van der Waals surface area contributed by atoms with Gasteiger partial charge in [0.05, 0.1) is 42.1 Å². The summed E-state index contributed by atoms with van der Waals surface area (Å²) in [6.45, 7) is 11.7. The van der Waals surface area contributed by atoms with E-state index in [1.54, 1.807) is 23.6 Å². The second-order valence-electron chi connectivity index (χ2n) is 12.5. The first-order valence-electron chi connectivity index (χ1n) is 15.0. The number of hydrogen-bond acceptors (Lipinski definition) is 7. The van der Waals surface area contributed by atoms with Crippen molar-refractivity contribution in [3.8, 4) is 0 Å². The van der Waals surface area contributed by atoms with Crippen LogP contribution in [0, 0.1) is 0 Å². The molecule has 5 rings (SSSR count). The average molecular weight is 621 g/mol. The molecule has 0 unspecified atom stereocenters. The summed E-state index contributed by atoms with van der Waals surface area (Å²) in [6.07, 6.45) is 7.00. The molecular weight excluding hydrogens is 580 g/mol. The van der Waals surface area contributed by atoms with Gasteiger partial charge in [0.15, 0.2) is 0 Å². The van der Waals surface area contributed by atoms with Crippen molar-refractivity contribution in [1.29, 1.82) is 0 Å². The lowest BCUT2D eigenvalue weighted by atomic mass is 9.89. The average Bonchev–Trinajstić information content (AvgIpc) is 3.34. The van der Waals surface area contributed by atoms with Crippen LogP contribution in [0.15, 0.2) is 49.1 Å². The van der Waals surface area contributed by atoms with Crippen molar-refractivity contribution in [2.24, 2.45) is 7.05 Å². The molecule has 1 aliphatic carbocycles. The molecule has 1 aromatic carbocycles. The van der Waals surface area contributed by atoms with E-state index in [-0.39, 0.29) is 30.8 Å². The van der Waals surface area contributed by atoms with Crippen LogP contribution in [0.2, 0.25) is 5.02 Å². The van der Waals surface area contributed by atoms with Gasteiger partial charge in [-0.25, -0.2) is 9.78 Å². The van der Waals surface area contributed by atoms with E-state index in [9.17, 15) is 9.59 Å². The summed E-state index contributed by atoms with van der Waals surface area (Å²) in [6, 6.07) is 9.11. The maximum Gasteiger partial charge on any atom is 0.410 e. The number of ether oxygens (including phenoxy) is 2. The van der Waals surface area contributed by atoms with Gasteiger partial charge in [0.2, 0.25) is 5.91 Å². The van der Waals surface area contributed by atoms with Gasteiger partial charge in [-0.1, -0.05) is 23.7 Å². The fourth-order valence-electron chi connectivity index (χ4n) is 5.69. The number of hydrogen-bond donors (Lipinski definition) is 1. The Morgan fingerprint density at radius 1 is 1.14 bits per heavy atom. The summed E-state index contributed by atoms with van der Waals surface area (Å²) < 4.78 is 13.2. The number of amides is 2. The van der Waals surface area contributed by atoms with Crippen LogP contribution in [0.25, 0.3) is 11.6 Å². The molecule has 10 nitrogen and oxygen atoms in total. The number of piperazine rings is 1. The molecule has 3 heterocycles. The highest BCUT2D eigenvalue weighted by Gasteiger charge is 2.36. The highest BCUT2D eigenvalue weighted by molar-refractivity contribution is 6.30. The summed E-state index contributed by atoms with van der Waals surface area (Å²) in [7, 11) is 1.91. The minimum absolute atomic E-state index is 0.0651. The number of imidazole rings is 1. The van der Waals surface area contributed by atoms with E-state index in [0.717, 1.165) is 33.7 Å². The van der Waals surface area contributed by atoms with Gasteiger partial charge in [-0.05, 0) is 81.2 Å². The van der Waals surface area contributed by atoms with Crippen molar-refractivity contribution in [2.75, 3.05) is 32.8 Å². The van der Waals surface area contributed by atoms with E-state index in [0.29, 0.717) is 31.2 Å². The van der Waals surface area contributed by atoms with E-state index in [2.05, 4.69) is 21.3 Å². The minimum atomic E-state index is -0.556. The first-order valence-corrected chi connectivity index (χ1v) is 15.3. The summed E-state index contributed by atoms with van der Waals surface area (Å²) in [5, 5.41) is 3.79. The molecule has 1 fully saturated rings. The van der Waals surface area contributed by atoms with Crippen molar-refractivity contribution in [3.05, 3.63) is 82.2 Å². The normalized spacial score (nSPS) is 17.8. The van der Waals surface area contributed by atoms with Crippen molar-refractivity contribution >= 4 is 35.3 Å². The van der Waals surface area contributed by atoms with Crippen LogP contribution in [0.4, 0.5) is 4.79 Å². The number of aromatic nitrogens is 3. The smallest absolute Gasteiger partial charge is 0.410 e. The molecule has 2 atom stereocenters. The van der Waals surface area contributed by atoms with Gasteiger partial charge >= 0.3 is 6.09 Å². The molecule has 2 aromatic heterocycles. The number of aryl methyl sites for hydroxylation is 1. The van der Waals surface area contributed by atoms with Crippen LogP contribution in [0.5, 0.6) is 0 Å². The molecule has 0 radical (unpaired) electrons. The Balaban J connectivity index is 1.56. The first-order chi connectivity index (χ1) is 20.9. The molecule has 2 aliphatic rings. The van der Waals surface area contributed by atoms with E-state index >= 15 is 0 Å². The van der Waals surface area contributed by atoms with Crippen LogP contribution in [0.3, 0.4) is 0 Å². The maximum atomic E-state index is 13.2. The van der Waals surface area contributed by atoms with Crippen molar-refractivity contribution in [3.63, 3.8) is 0 Å². The number of rotatable bonds is 7. The summed E-state index contributed by atoms with van der Waals surface area (Å²) in [5.41, 5.74) is 4.89. The van der Waals surface area contributed by atoms with Gasteiger partial charge in [0.25, 0.3) is 0 Å². The van der Waals surface area contributed by atoms with Gasteiger partial charge in [0, 0.05) is 44.4 Å². The maximum absolute atomic E-state index is 13.2. The van der Waals surface area contributed by atoms with E-state index < -0.39 is 11.6 Å². The van der Waals surface area contributed by atoms with Crippen molar-refractivity contribution in [1.82, 2.24) is 29.7 Å². The zero-order valence-corrected chi connectivity index (χ0v) is 27.0. The van der Waals surface area contributed by atoms with Crippen LogP contribution in [0.1, 0.15) is 74.8 Å². The second-order valence-corrected chi connectivity index (χ2v) is 12.9. The Morgan fingerprint density at radius 2 is 1.89 bits per heavy atom. The van der Waals surface area contributed by atoms with Crippen LogP contribution in [-0.4, -0.2) is 80.8 Å². The van der Waals surface area contributed by atoms with E-state index in [1.807, 2.05) is 76.6 Å². The minimum Gasteiger partial charge on any atom is -0.444 e. The summed E-state index contributed by atoms with van der Waals surface area (Å²) in [5.74, 6) is -0.236. The Morgan fingerprint density at radius 3 is 2.55 bits per heavy atom. The third-order valence-corrected chi connectivity index (χ3v) is 7.94. The first kappa shape index (κ1) is 31.7. The number of fused-ring (bicyclic) bond motifs is 2. The van der Waals surface area contributed by atoms with Gasteiger partial charge in [-0.3, -0.25) is 14.7 Å². The Kier molecular flexibility index (Phi) is 9.43. The predicted octanol–water partition coefficient (Wildman–Crippen LogP) is 5.25. The number of pyridine rings is 1. The lowest BCUT2D eigenvalue weighted by molar-refractivity contribution is -0.127. The number of carbonyl (C=O) groups is 2. The molecule has 0 saturated carbocycles. The lowest BCUT2D eigenvalue weighted by Crippen LogP contribution is -2.51. The quantitative estimate of drug-likeness (QED) is 0.385. The molecule has 0 spiro atoms. The van der Waals surface area contributed by atoms with Crippen molar-refractivity contribution < 1.29 is 19.1 Å². The Bertz CT molecular complexity index is 1540. The monoisotopic (exact) mass is 620 g/mol. The van der Waals surface area contributed by atoms with Gasteiger partial charge < -0.3 is 24.3 Å². The molecular formula is C33H41ClN6O4. The Labute approximate surface area is 264 Å². The van der Waals surface area contributed by atoms with Gasteiger partial charge in [0.1, 0.15) is 12.2 Å². The number of benzene rings is 1. The van der Waals surface area contributed by atoms with Crippen LogP contribution in [-0.2, 0) is 21.3 Å². The largest absolute Gasteiger partial charge is 0.444 e. The SMILES string of the molecule is CC(C)OCC(=O)N[C@H](C1=Cc2cccnc2[C@@H](N2CCN(C(=O)OC(C)(C)C)CC2)c2ccc(Cl)cc21)c1cncn1C. The number of halogens is 1. The van der Waals surface area contributed by atoms with Crippen LogP contribution >= 0.6 is 11.6 Å². The topological polar surface area (TPSA) is 102 Å². The second kappa shape index (κ2) is 13.1. The third kappa shape index (κ3) is 7.14. The summed E-state index contributed by atoms with van der Waals surface area (Å²) in [4.78, 5) is 39.4. The molecule has 44 heavy (non-hydrogen) atoms. The Hall–Kier alpha value is -3.73. The number of carbonyl (C=O) groups excluding carboxylic acids is 2. The molecule has 1 aliphatic heterocycles. The zero-order chi connectivity index (χ0) is 31.6. The zero-order valence-electron chi connectivity index (χ0n) is 26.2. The molecule has 3 aromatic rings. The van der Waals surface area contributed by atoms with Crippen molar-refractivity contribution in [2.45, 2.75) is 58.4 Å². The predicted molar refractivity (Wildman–Crippen MR) is 170 cm³/mol. The summed E-state index contributed by atoms with van der Waals surface area (Å²) >= 11 is 6.66. The van der Waals surface area contributed by atoms with Gasteiger partial charge in [-0.2, -0.15) is 0 Å². The third-order valence-electron chi connectivity index (χ3n) is 7.71. The fourth-order valence-corrected chi connectivity index (χ4v) is 5.86. The fraction of sp³-hybridized carbons (Fsp3) is 0.455. The molecule has 11 heteroatoms. The molecule has 0 bridgehead atoms. The number of nitrogens with zero attached hydrogens (tertiary/aromatic N) is 5. The molecule has 1 saturated heterocycles. The lowest BCUT2D eigenvalue weighted by Gasteiger charge is -2.40. The molecule has 1 N–H and O–H groups in total. The highest BCUT2D eigenvalue weighted by Crippen LogP contribution is 2.44. The van der Waals surface area contributed by atoms with Gasteiger partial charge in [-0.15, -0.1) is 0 Å². The van der Waals surface area contributed by atoms with Crippen LogP contribution < -0.4 is 5.32 Å².